The number of carbonyl (C=O) groups excluding carboxylic acids is 2. The number of anilines is 1. The zero-order chi connectivity index (χ0) is 16.8. The second-order valence-corrected chi connectivity index (χ2v) is 6.24. The molecule has 122 valence electrons. The van der Waals surface area contributed by atoms with Gasteiger partial charge in [-0.2, -0.15) is 0 Å². The average molecular weight is 370 g/mol. The van der Waals surface area contributed by atoms with Gasteiger partial charge in [-0.1, -0.05) is 29.8 Å². The number of rotatable bonds is 7. The molecule has 0 heterocycles. The Labute approximate surface area is 140 Å². The van der Waals surface area contributed by atoms with Gasteiger partial charge in [-0.05, 0) is 43.5 Å². The van der Waals surface area contributed by atoms with Gasteiger partial charge >= 0.3 is 0 Å². The molecule has 6 heteroatoms. The van der Waals surface area contributed by atoms with E-state index in [-0.39, 0.29) is 24.9 Å². The number of benzene rings is 1. The lowest BCUT2D eigenvalue weighted by Gasteiger charge is -2.28. The Morgan fingerprint density at radius 3 is 2.41 bits per heavy atom. The standard InChI is InChI=1S/C16H24BrN3O2/c1-4-16(5-2,10-18)15(22)19-9-14(21)20-12-6-7-13(17)11(3)8-12/h6-8H,4-5,9-10,18H2,1-3H3,(H,19,22)(H,20,21). The third-order valence-corrected chi connectivity index (χ3v) is 4.97. The van der Waals surface area contributed by atoms with Crippen molar-refractivity contribution in [2.75, 3.05) is 18.4 Å². The summed E-state index contributed by atoms with van der Waals surface area (Å²) in [6.45, 7) is 6.02. The maximum atomic E-state index is 12.2. The van der Waals surface area contributed by atoms with E-state index in [0.29, 0.717) is 18.5 Å². The van der Waals surface area contributed by atoms with E-state index in [2.05, 4.69) is 26.6 Å². The summed E-state index contributed by atoms with van der Waals surface area (Å²) in [7, 11) is 0. The topological polar surface area (TPSA) is 84.2 Å². The van der Waals surface area contributed by atoms with Crippen molar-refractivity contribution in [3.63, 3.8) is 0 Å². The first-order valence-electron chi connectivity index (χ1n) is 7.43. The van der Waals surface area contributed by atoms with Gasteiger partial charge in [0.1, 0.15) is 0 Å². The van der Waals surface area contributed by atoms with Crippen molar-refractivity contribution >= 4 is 33.4 Å². The van der Waals surface area contributed by atoms with Gasteiger partial charge in [-0.3, -0.25) is 9.59 Å². The summed E-state index contributed by atoms with van der Waals surface area (Å²) in [6.07, 6.45) is 1.30. The number of hydrogen-bond acceptors (Lipinski definition) is 3. The maximum absolute atomic E-state index is 12.2. The van der Waals surface area contributed by atoms with Gasteiger partial charge in [0.25, 0.3) is 0 Å². The summed E-state index contributed by atoms with van der Waals surface area (Å²) in [5, 5.41) is 5.45. The molecule has 0 atom stereocenters. The molecule has 0 saturated heterocycles. The van der Waals surface area contributed by atoms with Crippen molar-refractivity contribution in [1.29, 1.82) is 0 Å². The molecule has 0 aromatic heterocycles. The second kappa shape index (κ2) is 8.29. The van der Waals surface area contributed by atoms with Crippen LogP contribution < -0.4 is 16.4 Å². The molecular weight excluding hydrogens is 346 g/mol. The van der Waals surface area contributed by atoms with Crippen LogP contribution in [0.25, 0.3) is 0 Å². The molecule has 0 aliphatic rings. The van der Waals surface area contributed by atoms with Crippen molar-refractivity contribution in [1.82, 2.24) is 5.32 Å². The predicted octanol–water partition coefficient (Wildman–Crippen LogP) is 2.58. The van der Waals surface area contributed by atoms with E-state index < -0.39 is 5.41 Å². The first-order chi connectivity index (χ1) is 10.4. The highest BCUT2D eigenvalue weighted by molar-refractivity contribution is 9.10. The molecule has 1 aromatic rings. The Morgan fingerprint density at radius 2 is 1.91 bits per heavy atom. The van der Waals surface area contributed by atoms with Crippen LogP contribution in [0.2, 0.25) is 0 Å². The summed E-state index contributed by atoms with van der Waals surface area (Å²) in [6, 6.07) is 5.54. The molecular formula is C16H24BrN3O2. The van der Waals surface area contributed by atoms with Crippen molar-refractivity contribution < 1.29 is 9.59 Å². The fraction of sp³-hybridized carbons (Fsp3) is 0.500. The molecule has 5 nitrogen and oxygen atoms in total. The Morgan fingerprint density at radius 1 is 1.27 bits per heavy atom. The lowest BCUT2D eigenvalue weighted by atomic mass is 9.81. The van der Waals surface area contributed by atoms with Gasteiger partial charge in [0.05, 0.1) is 12.0 Å². The van der Waals surface area contributed by atoms with Crippen LogP contribution in [0.15, 0.2) is 22.7 Å². The molecule has 0 aliphatic heterocycles. The molecule has 1 rings (SSSR count). The third-order valence-electron chi connectivity index (χ3n) is 4.08. The molecule has 22 heavy (non-hydrogen) atoms. The SMILES string of the molecule is CCC(CC)(CN)C(=O)NCC(=O)Nc1ccc(Br)c(C)c1. The van der Waals surface area contributed by atoms with Gasteiger partial charge in [0, 0.05) is 16.7 Å². The molecule has 0 aliphatic carbocycles. The largest absolute Gasteiger partial charge is 0.347 e. The quantitative estimate of drug-likeness (QED) is 0.690. The molecule has 4 N–H and O–H groups in total. The first-order valence-corrected chi connectivity index (χ1v) is 8.22. The number of amides is 2. The van der Waals surface area contributed by atoms with Crippen molar-refractivity contribution in [3.8, 4) is 0 Å². The molecule has 0 radical (unpaired) electrons. The summed E-state index contributed by atoms with van der Waals surface area (Å²) < 4.78 is 0.984. The van der Waals surface area contributed by atoms with Crippen LogP contribution in [0, 0.1) is 12.3 Å². The van der Waals surface area contributed by atoms with Crippen LogP contribution in [0.5, 0.6) is 0 Å². The molecule has 0 fully saturated rings. The monoisotopic (exact) mass is 369 g/mol. The normalized spacial score (nSPS) is 11.1. The summed E-state index contributed by atoms with van der Waals surface area (Å²) >= 11 is 3.41. The Hall–Kier alpha value is -1.40. The minimum atomic E-state index is -0.589. The van der Waals surface area contributed by atoms with E-state index in [4.69, 9.17) is 5.73 Å². The van der Waals surface area contributed by atoms with E-state index in [1.165, 1.54) is 0 Å². The van der Waals surface area contributed by atoms with Crippen LogP contribution in [-0.2, 0) is 9.59 Å². The highest BCUT2D eigenvalue weighted by Crippen LogP contribution is 2.24. The Bertz CT molecular complexity index is 534. The minimum Gasteiger partial charge on any atom is -0.347 e. The summed E-state index contributed by atoms with van der Waals surface area (Å²) in [5.41, 5.74) is 6.87. The fourth-order valence-electron chi connectivity index (χ4n) is 2.23. The van der Waals surface area contributed by atoms with Gasteiger partial charge in [-0.15, -0.1) is 0 Å². The van der Waals surface area contributed by atoms with E-state index in [0.717, 1.165) is 10.0 Å². The Balaban J connectivity index is 2.59. The van der Waals surface area contributed by atoms with Crippen LogP contribution in [0.3, 0.4) is 0 Å². The van der Waals surface area contributed by atoms with Crippen LogP contribution in [-0.4, -0.2) is 24.9 Å². The first kappa shape index (κ1) is 18.6. The number of carbonyl (C=O) groups is 2. The maximum Gasteiger partial charge on any atom is 0.243 e. The van der Waals surface area contributed by atoms with Gasteiger partial charge in [-0.25, -0.2) is 0 Å². The number of nitrogens with one attached hydrogen (secondary N) is 2. The molecule has 0 saturated carbocycles. The summed E-state index contributed by atoms with van der Waals surface area (Å²) in [5.74, 6) is -0.421. The fourth-order valence-corrected chi connectivity index (χ4v) is 2.47. The van der Waals surface area contributed by atoms with E-state index in [9.17, 15) is 9.59 Å². The van der Waals surface area contributed by atoms with Crippen molar-refractivity contribution in [3.05, 3.63) is 28.2 Å². The number of hydrogen-bond donors (Lipinski definition) is 3. The van der Waals surface area contributed by atoms with Crippen LogP contribution >= 0.6 is 15.9 Å². The van der Waals surface area contributed by atoms with Crippen molar-refractivity contribution in [2.24, 2.45) is 11.1 Å². The summed E-state index contributed by atoms with van der Waals surface area (Å²) in [4.78, 5) is 24.2. The second-order valence-electron chi connectivity index (χ2n) is 5.39. The van der Waals surface area contributed by atoms with E-state index in [1.54, 1.807) is 6.07 Å². The zero-order valence-corrected chi connectivity index (χ0v) is 14.9. The van der Waals surface area contributed by atoms with Crippen molar-refractivity contribution in [2.45, 2.75) is 33.6 Å². The molecule has 1 aromatic carbocycles. The smallest absolute Gasteiger partial charge is 0.243 e. The lowest BCUT2D eigenvalue weighted by Crippen LogP contribution is -2.47. The molecule has 0 bridgehead atoms. The predicted molar refractivity (Wildman–Crippen MR) is 92.6 cm³/mol. The van der Waals surface area contributed by atoms with E-state index >= 15 is 0 Å². The van der Waals surface area contributed by atoms with Crippen LogP contribution in [0.1, 0.15) is 32.3 Å². The van der Waals surface area contributed by atoms with Gasteiger partial charge in [0.15, 0.2) is 0 Å². The number of nitrogens with two attached hydrogens (primary N) is 1. The highest BCUT2D eigenvalue weighted by atomic mass is 79.9. The molecule has 2 amide bonds. The van der Waals surface area contributed by atoms with Crippen LogP contribution in [0.4, 0.5) is 5.69 Å². The zero-order valence-electron chi connectivity index (χ0n) is 13.3. The average Bonchev–Trinajstić information content (AvgIpc) is 2.51. The number of halogens is 1. The van der Waals surface area contributed by atoms with Gasteiger partial charge in [0.2, 0.25) is 11.8 Å². The van der Waals surface area contributed by atoms with Gasteiger partial charge < -0.3 is 16.4 Å². The third kappa shape index (κ3) is 4.55. The highest BCUT2D eigenvalue weighted by Gasteiger charge is 2.33. The number of aryl methyl sites for hydroxylation is 1. The minimum absolute atomic E-state index is 0.0598. The Kier molecular flexibility index (Phi) is 7.03. The van der Waals surface area contributed by atoms with E-state index in [1.807, 2.05) is 32.9 Å². The lowest BCUT2D eigenvalue weighted by molar-refractivity contribution is -0.132. The molecule has 0 unspecified atom stereocenters. The molecule has 0 spiro atoms.